The molecule has 0 spiro atoms. The van der Waals surface area contributed by atoms with E-state index in [9.17, 15) is 5.11 Å². The van der Waals surface area contributed by atoms with E-state index in [1.165, 1.54) is 32.2 Å². The summed E-state index contributed by atoms with van der Waals surface area (Å²) in [5, 5.41) is 10.0. The van der Waals surface area contributed by atoms with E-state index < -0.39 is 0 Å². The molecule has 0 aromatic carbocycles. The Hall–Kier alpha value is -0.0800. The molecule has 2 fully saturated rings. The van der Waals surface area contributed by atoms with Crippen molar-refractivity contribution in [2.24, 2.45) is 17.3 Å². The monoisotopic (exact) mass is 253 g/mol. The van der Waals surface area contributed by atoms with Gasteiger partial charge in [-0.1, -0.05) is 27.2 Å². The molecule has 0 radical (unpaired) electrons. The summed E-state index contributed by atoms with van der Waals surface area (Å²) in [4.78, 5) is 2.56. The van der Waals surface area contributed by atoms with Gasteiger partial charge in [-0.25, -0.2) is 0 Å². The van der Waals surface area contributed by atoms with Gasteiger partial charge in [-0.05, 0) is 56.4 Å². The molecule has 106 valence electrons. The quantitative estimate of drug-likeness (QED) is 0.812. The molecule has 0 aliphatic heterocycles. The van der Waals surface area contributed by atoms with Gasteiger partial charge in [0.15, 0.2) is 0 Å². The Morgan fingerprint density at radius 2 is 1.83 bits per heavy atom. The van der Waals surface area contributed by atoms with Crippen molar-refractivity contribution >= 4 is 0 Å². The summed E-state index contributed by atoms with van der Waals surface area (Å²) in [6.07, 6.45) is 7.19. The lowest BCUT2D eigenvalue weighted by molar-refractivity contribution is -0.0105. The third-order valence-corrected chi connectivity index (χ3v) is 5.51. The largest absolute Gasteiger partial charge is 0.393 e. The van der Waals surface area contributed by atoms with E-state index in [1.807, 2.05) is 0 Å². The second-order valence-electron chi connectivity index (χ2n) is 7.37. The zero-order chi connectivity index (χ0) is 13.3. The van der Waals surface area contributed by atoms with Crippen LogP contribution >= 0.6 is 0 Å². The lowest BCUT2D eigenvalue weighted by Crippen LogP contribution is -2.49. The van der Waals surface area contributed by atoms with Gasteiger partial charge in [-0.2, -0.15) is 0 Å². The minimum atomic E-state index is -0.0689. The fourth-order valence-corrected chi connectivity index (χ4v) is 3.63. The first-order valence-corrected chi connectivity index (χ1v) is 7.82. The van der Waals surface area contributed by atoms with Gasteiger partial charge < -0.3 is 10.0 Å². The summed E-state index contributed by atoms with van der Waals surface area (Å²) >= 11 is 0. The summed E-state index contributed by atoms with van der Waals surface area (Å²) in [7, 11) is 2.28. The van der Waals surface area contributed by atoms with Crippen molar-refractivity contribution in [3.8, 4) is 0 Å². The minimum Gasteiger partial charge on any atom is -0.393 e. The normalized spacial score (nSPS) is 34.0. The van der Waals surface area contributed by atoms with Crippen molar-refractivity contribution in [2.75, 3.05) is 13.6 Å². The van der Waals surface area contributed by atoms with Crippen LogP contribution in [0.5, 0.6) is 0 Å². The van der Waals surface area contributed by atoms with Gasteiger partial charge in [0, 0.05) is 12.6 Å². The number of aliphatic hydroxyl groups is 1. The van der Waals surface area contributed by atoms with Crippen LogP contribution in [0.3, 0.4) is 0 Å². The lowest BCUT2D eigenvalue weighted by atomic mass is 9.66. The number of hydrogen-bond acceptors (Lipinski definition) is 2. The second-order valence-corrected chi connectivity index (χ2v) is 7.37. The van der Waals surface area contributed by atoms with E-state index in [4.69, 9.17) is 0 Å². The summed E-state index contributed by atoms with van der Waals surface area (Å²) < 4.78 is 0. The molecule has 18 heavy (non-hydrogen) atoms. The van der Waals surface area contributed by atoms with Gasteiger partial charge in [-0.15, -0.1) is 0 Å². The Morgan fingerprint density at radius 3 is 2.39 bits per heavy atom. The Balaban J connectivity index is 2.04. The molecule has 3 unspecified atom stereocenters. The number of rotatable bonds is 5. The van der Waals surface area contributed by atoms with Crippen molar-refractivity contribution in [3.63, 3.8) is 0 Å². The number of aliphatic hydroxyl groups excluding tert-OH is 1. The topological polar surface area (TPSA) is 23.5 Å². The fourth-order valence-electron chi connectivity index (χ4n) is 3.63. The van der Waals surface area contributed by atoms with Crippen LogP contribution in [0.25, 0.3) is 0 Å². The molecule has 0 aromatic heterocycles. The van der Waals surface area contributed by atoms with E-state index in [0.717, 1.165) is 24.7 Å². The molecule has 3 atom stereocenters. The van der Waals surface area contributed by atoms with E-state index in [1.54, 1.807) is 0 Å². The van der Waals surface area contributed by atoms with Crippen LogP contribution in [0.15, 0.2) is 0 Å². The van der Waals surface area contributed by atoms with Crippen LogP contribution < -0.4 is 0 Å². The highest BCUT2D eigenvalue weighted by Crippen LogP contribution is 2.43. The first kappa shape index (κ1) is 14.3. The van der Waals surface area contributed by atoms with Crippen molar-refractivity contribution in [3.05, 3.63) is 0 Å². The predicted molar refractivity (Wildman–Crippen MR) is 76.6 cm³/mol. The molecule has 0 amide bonds. The summed E-state index contributed by atoms with van der Waals surface area (Å²) in [5.74, 6) is 1.69. The average Bonchev–Trinajstić information content (AvgIpc) is 3.12. The van der Waals surface area contributed by atoms with Crippen LogP contribution in [-0.4, -0.2) is 35.7 Å². The van der Waals surface area contributed by atoms with Crippen molar-refractivity contribution in [1.29, 1.82) is 0 Å². The first-order chi connectivity index (χ1) is 8.44. The zero-order valence-corrected chi connectivity index (χ0v) is 12.7. The molecule has 2 aliphatic rings. The Morgan fingerprint density at radius 1 is 1.17 bits per heavy atom. The van der Waals surface area contributed by atoms with Crippen LogP contribution in [-0.2, 0) is 0 Å². The summed E-state index contributed by atoms with van der Waals surface area (Å²) in [5.41, 5.74) is 0.405. The number of hydrogen-bond donors (Lipinski definition) is 1. The van der Waals surface area contributed by atoms with Crippen LogP contribution in [0.4, 0.5) is 0 Å². The summed E-state index contributed by atoms with van der Waals surface area (Å²) in [6, 6.07) is 0.587. The smallest absolute Gasteiger partial charge is 0.0555 e. The lowest BCUT2D eigenvalue weighted by Gasteiger charge is -2.47. The maximum absolute atomic E-state index is 10.0. The third-order valence-electron chi connectivity index (χ3n) is 5.51. The van der Waals surface area contributed by atoms with E-state index in [2.05, 4.69) is 32.7 Å². The molecule has 2 nitrogen and oxygen atoms in total. The fraction of sp³-hybridized carbons (Fsp3) is 1.00. The molecular formula is C16H31NO. The third kappa shape index (κ3) is 3.27. The van der Waals surface area contributed by atoms with Gasteiger partial charge in [0.25, 0.3) is 0 Å². The molecule has 1 N–H and O–H groups in total. The van der Waals surface area contributed by atoms with Crippen molar-refractivity contribution < 1.29 is 5.11 Å². The molecular weight excluding hydrogens is 222 g/mol. The van der Waals surface area contributed by atoms with Crippen molar-refractivity contribution in [1.82, 2.24) is 4.90 Å². The van der Waals surface area contributed by atoms with E-state index in [-0.39, 0.29) is 6.10 Å². The van der Waals surface area contributed by atoms with Gasteiger partial charge >= 0.3 is 0 Å². The molecule has 2 rings (SSSR count). The van der Waals surface area contributed by atoms with Gasteiger partial charge in [0.1, 0.15) is 0 Å². The molecule has 2 saturated carbocycles. The Kier molecular flexibility index (Phi) is 4.38. The van der Waals surface area contributed by atoms with Gasteiger partial charge in [0.05, 0.1) is 6.10 Å². The second kappa shape index (κ2) is 5.50. The molecule has 2 aliphatic carbocycles. The Labute approximate surface area is 113 Å². The highest BCUT2D eigenvalue weighted by Gasteiger charge is 2.41. The standard InChI is InChI=1S/C16H31NO/c1-5-16(2,3)14-9-8-13(18)10-15(14)17(4)11-12-6-7-12/h12-15,18H,5-11H2,1-4H3. The first-order valence-electron chi connectivity index (χ1n) is 7.82. The number of nitrogens with zero attached hydrogens (tertiary/aromatic N) is 1. The maximum Gasteiger partial charge on any atom is 0.0555 e. The van der Waals surface area contributed by atoms with Gasteiger partial charge in [-0.3, -0.25) is 0 Å². The van der Waals surface area contributed by atoms with E-state index >= 15 is 0 Å². The highest BCUT2D eigenvalue weighted by atomic mass is 16.3. The maximum atomic E-state index is 10.0. The predicted octanol–water partition coefficient (Wildman–Crippen LogP) is 3.29. The molecule has 0 aromatic rings. The summed E-state index contributed by atoms with van der Waals surface area (Å²) in [6.45, 7) is 8.37. The van der Waals surface area contributed by atoms with Crippen molar-refractivity contribution in [2.45, 2.75) is 71.4 Å². The van der Waals surface area contributed by atoms with Crippen LogP contribution in [0.2, 0.25) is 0 Å². The Bertz CT molecular complexity index is 272. The average molecular weight is 253 g/mol. The highest BCUT2D eigenvalue weighted by molar-refractivity contribution is 4.94. The molecule has 0 saturated heterocycles. The van der Waals surface area contributed by atoms with E-state index in [0.29, 0.717) is 11.5 Å². The van der Waals surface area contributed by atoms with Gasteiger partial charge in [0.2, 0.25) is 0 Å². The SMILES string of the molecule is CCC(C)(C)C1CCC(O)CC1N(C)CC1CC1. The molecule has 0 heterocycles. The minimum absolute atomic E-state index is 0.0689. The zero-order valence-electron chi connectivity index (χ0n) is 12.7. The molecule has 2 heteroatoms. The molecule has 0 bridgehead atoms. The van der Waals surface area contributed by atoms with Crippen LogP contribution in [0.1, 0.15) is 59.3 Å². The van der Waals surface area contributed by atoms with Crippen LogP contribution in [0, 0.1) is 17.3 Å².